The Morgan fingerprint density at radius 2 is 0.726 bits per heavy atom. The lowest BCUT2D eigenvalue weighted by molar-refractivity contribution is -0.178. The van der Waals surface area contributed by atoms with Crippen LogP contribution in [0.2, 0.25) is 0 Å². The summed E-state index contributed by atoms with van der Waals surface area (Å²) in [6.45, 7) is 1.78. The average molecular weight is 913 g/mol. The molecule has 0 amide bonds. The number of hydrogen-bond donors (Lipinski definition) is 7. The summed E-state index contributed by atoms with van der Waals surface area (Å²) in [4.78, 5) is 166. The lowest BCUT2D eigenvalue weighted by Gasteiger charge is -2.03. The molecule has 30 nitrogen and oxygen atoms in total. The number of carbonyl (C=O) groups excluding carboxylic acids is 9. The third-order valence-corrected chi connectivity index (χ3v) is 5.99. The smallest absolute Gasteiger partial charge is 0.425 e. The number of rotatable bonds is 15. The molecule has 0 spiro atoms. The van der Waals surface area contributed by atoms with Gasteiger partial charge in [-0.05, 0) is 19.1 Å². The fourth-order valence-electron chi connectivity index (χ4n) is 2.46. The highest BCUT2D eigenvalue weighted by Crippen LogP contribution is 2.13. The third-order valence-electron chi connectivity index (χ3n) is 4.76. The van der Waals surface area contributed by atoms with Gasteiger partial charge in [0, 0.05) is 12.2 Å². The first-order valence-electron chi connectivity index (χ1n) is 15.1. The number of benzene rings is 1. The van der Waals surface area contributed by atoms with Crippen LogP contribution in [0.4, 0.5) is 0 Å². The Hall–Kier alpha value is -8.77. The molecule has 0 aliphatic rings. The van der Waals surface area contributed by atoms with Crippen LogP contribution in [0, 0.1) is 6.92 Å². The maximum atomic E-state index is 11.6. The number of carboxylic acid groups (broad SMARTS) is 7. The molecule has 0 saturated heterocycles. The molecule has 338 valence electrons. The molecule has 0 bridgehead atoms. The van der Waals surface area contributed by atoms with Gasteiger partial charge < -0.3 is 58.9 Å². The van der Waals surface area contributed by atoms with Gasteiger partial charge in [-0.2, -0.15) is 8.42 Å². The van der Waals surface area contributed by atoms with Crippen molar-refractivity contribution >= 4 is 106 Å². The van der Waals surface area contributed by atoms with Gasteiger partial charge in [0.05, 0.1) is 12.8 Å². The minimum Gasteiger partial charge on any atom is -0.481 e. The molecule has 0 unspecified atom stereocenters. The molecule has 0 aliphatic carbocycles. The lowest BCUT2D eigenvalue weighted by atomic mass is 10.2. The summed E-state index contributed by atoms with van der Waals surface area (Å²) < 4.78 is 42.1. The molecule has 0 heterocycles. The highest BCUT2D eigenvalue weighted by molar-refractivity contribution is 7.87. The molecule has 0 saturated carbocycles. The fraction of sp³-hybridized carbons (Fsp3) is 0.226. The molecular weight excluding hydrogens is 884 g/mol. The Labute approximate surface area is 341 Å². The average Bonchev–Trinajstić information content (AvgIpc) is 3.09. The van der Waals surface area contributed by atoms with Crippen LogP contribution >= 0.6 is 0 Å². The summed E-state index contributed by atoms with van der Waals surface area (Å²) in [5, 5.41) is 56.6. The number of esters is 8. The van der Waals surface area contributed by atoms with Crippen LogP contribution in [-0.4, -0.2) is 140 Å². The SMILES string of the molecule is Cc1ccc(S(=O)(=O)OC(=O)/C=C\C(=O)O)cc1.O=C(O)CC(=O)OC(=O)C(=O)OC(=O)CC(=O)O.O=C(O)CC(=O)OC(=O)C(=O)OC(=O)CC(=O)O.O=C(O)CCC(=O)O. The molecule has 0 aliphatic heterocycles. The monoisotopic (exact) mass is 912 g/mol. The largest absolute Gasteiger partial charge is 0.481 e. The van der Waals surface area contributed by atoms with Crippen molar-refractivity contribution in [2.45, 2.75) is 50.3 Å². The third kappa shape index (κ3) is 33.4. The number of carboxylic acids is 7. The first-order valence-corrected chi connectivity index (χ1v) is 16.5. The summed E-state index contributed by atoms with van der Waals surface area (Å²) in [6, 6.07) is 5.68. The summed E-state index contributed by atoms with van der Waals surface area (Å²) in [5.41, 5.74) is 0.853. The molecular formula is C31H28O30S. The number of carbonyl (C=O) groups is 16. The molecule has 0 atom stereocenters. The number of aryl methyl sites for hydroxylation is 1. The van der Waals surface area contributed by atoms with Gasteiger partial charge >= 0.3 is 106 Å². The minimum atomic E-state index is -4.22. The van der Waals surface area contributed by atoms with Gasteiger partial charge in [-0.3, -0.25) is 47.9 Å². The van der Waals surface area contributed by atoms with Crippen LogP contribution in [0.25, 0.3) is 0 Å². The summed E-state index contributed by atoms with van der Waals surface area (Å²) in [7, 11) is -4.22. The number of hydrogen-bond acceptors (Lipinski definition) is 23. The summed E-state index contributed by atoms with van der Waals surface area (Å²) in [5.74, 6) is -25.0. The van der Waals surface area contributed by atoms with E-state index in [1.54, 1.807) is 19.1 Å². The van der Waals surface area contributed by atoms with Crippen molar-refractivity contribution in [1.82, 2.24) is 0 Å². The van der Waals surface area contributed by atoms with E-state index >= 15 is 0 Å². The molecule has 1 aromatic carbocycles. The van der Waals surface area contributed by atoms with Gasteiger partial charge in [-0.1, -0.05) is 17.7 Å². The van der Waals surface area contributed by atoms with E-state index in [-0.39, 0.29) is 17.7 Å². The van der Waals surface area contributed by atoms with Gasteiger partial charge in [0.2, 0.25) is 0 Å². The van der Waals surface area contributed by atoms with Crippen LogP contribution in [-0.2, 0) is 110 Å². The molecule has 1 aromatic rings. The highest BCUT2D eigenvalue weighted by Gasteiger charge is 2.27. The predicted molar refractivity (Wildman–Crippen MR) is 179 cm³/mol. The van der Waals surface area contributed by atoms with E-state index in [2.05, 4.69) is 23.1 Å². The predicted octanol–water partition coefficient (Wildman–Crippen LogP) is -3.05. The first-order chi connectivity index (χ1) is 28.4. The Balaban J connectivity index is -0.000000774. The second-order valence-electron chi connectivity index (χ2n) is 9.96. The van der Waals surface area contributed by atoms with E-state index in [9.17, 15) is 85.1 Å². The van der Waals surface area contributed by atoms with Crippen LogP contribution in [0.15, 0.2) is 41.3 Å². The van der Waals surface area contributed by atoms with Crippen LogP contribution in [0.5, 0.6) is 0 Å². The van der Waals surface area contributed by atoms with E-state index in [1.807, 2.05) is 0 Å². The zero-order valence-corrected chi connectivity index (χ0v) is 31.5. The minimum absolute atomic E-state index is 0.176. The zero-order valence-electron chi connectivity index (χ0n) is 30.6. The molecule has 0 fully saturated rings. The normalized spacial score (nSPS) is 9.69. The standard InChI is InChI=1S/C11H10O6S.2C8H6O10.C4H6O4/c1-8-2-4-9(5-3-8)18(15,16)17-11(14)7-6-10(12)13;2*9-3(10)1-5(13)17-7(15)8(16)18-6(14)2-4(11)12;5-3(6)1-2-4(7)8/h2-7H,1H3,(H,12,13);2*1-2H2,(H,9,10)(H,11,12);1-2H2,(H,5,6)(H,7,8)/b7-6-;;;. The maximum absolute atomic E-state index is 11.6. The van der Waals surface area contributed by atoms with Crippen molar-refractivity contribution in [3.63, 3.8) is 0 Å². The first kappa shape index (κ1) is 57.6. The summed E-state index contributed by atoms with van der Waals surface area (Å²) >= 11 is 0. The van der Waals surface area contributed by atoms with Crippen LogP contribution in [0.3, 0.4) is 0 Å². The Morgan fingerprint density at radius 3 is 0.952 bits per heavy atom. The van der Waals surface area contributed by atoms with E-state index < -0.39 is 131 Å². The molecule has 1 rings (SSSR count). The van der Waals surface area contributed by atoms with Crippen LogP contribution < -0.4 is 0 Å². The highest BCUT2D eigenvalue weighted by atomic mass is 32.2. The van der Waals surface area contributed by atoms with Crippen LogP contribution in [0.1, 0.15) is 44.1 Å². The lowest BCUT2D eigenvalue weighted by Crippen LogP contribution is -2.27. The number of aliphatic carboxylic acids is 7. The molecule has 31 heteroatoms. The van der Waals surface area contributed by atoms with Gasteiger partial charge in [0.25, 0.3) is 0 Å². The number of ether oxygens (including phenoxy) is 4. The van der Waals surface area contributed by atoms with Gasteiger partial charge in [-0.15, -0.1) is 0 Å². The van der Waals surface area contributed by atoms with Gasteiger partial charge in [0.1, 0.15) is 30.6 Å². The zero-order chi connectivity index (χ0) is 48.9. The second kappa shape index (κ2) is 29.4. The maximum Gasteiger partial charge on any atom is 0.425 e. The summed E-state index contributed by atoms with van der Waals surface area (Å²) in [6.07, 6.45) is -4.24. The fourth-order valence-corrected chi connectivity index (χ4v) is 3.30. The second-order valence-corrected chi connectivity index (χ2v) is 11.5. The Morgan fingerprint density at radius 1 is 0.452 bits per heavy atom. The quantitative estimate of drug-likeness (QED) is 0.0229. The topological polar surface area (TPSA) is 495 Å². The van der Waals surface area contributed by atoms with Crippen molar-refractivity contribution in [2.24, 2.45) is 0 Å². The molecule has 62 heavy (non-hydrogen) atoms. The van der Waals surface area contributed by atoms with Crippen molar-refractivity contribution in [2.75, 3.05) is 0 Å². The van der Waals surface area contributed by atoms with E-state index in [0.29, 0.717) is 12.2 Å². The van der Waals surface area contributed by atoms with E-state index in [0.717, 1.165) is 5.56 Å². The van der Waals surface area contributed by atoms with Gasteiger partial charge in [-0.25, -0.2) is 28.8 Å². The Kier molecular flexibility index (Phi) is 27.3. The van der Waals surface area contributed by atoms with Crippen molar-refractivity contribution in [3.8, 4) is 0 Å². The van der Waals surface area contributed by atoms with E-state index in [1.165, 1.54) is 12.1 Å². The van der Waals surface area contributed by atoms with Crippen molar-refractivity contribution in [3.05, 3.63) is 42.0 Å². The van der Waals surface area contributed by atoms with Gasteiger partial charge in [0.15, 0.2) is 0 Å². The molecule has 0 aromatic heterocycles. The molecule has 0 radical (unpaired) electrons. The Bertz CT molecular complexity index is 1910. The van der Waals surface area contributed by atoms with Crippen molar-refractivity contribution in [1.29, 1.82) is 0 Å². The van der Waals surface area contributed by atoms with E-state index in [4.69, 9.17) is 35.7 Å². The molecule has 7 N–H and O–H groups in total. The van der Waals surface area contributed by atoms with Crippen molar-refractivity contribution < 1.29 is 144 Å².